The van der Waals surface area contributed by atoms with Crippen LogP contribution in [0.25, 0.3) is 11.0 Å². The smallest absolute Gasteiger partial charge is 0.269 e. The Morgan fingerprint density at radius 2 is 1.77 bits per heavy atom. The van der Waals surface area contributed by atoms with Crippen LogP contribution in [0.2, 0.25) is 0 Å². The summed E-state index contributed by atoms with van der Waals surface area (Å²) in [6.45, 7) is -0.168. The fraction of sp³-hybridized carbons (Fsp3) is 0.0909. The average Bonchev–Trinajstić information content (AvgIpc) is 2.77. The lowest BCUT2D eigenvalue weighted by atomic mass is 10.3. The fourth-order valence-electron chi connectivity index (χ4n) is 2.93. The summed E-state index contributed by atoms with van der Waals surface area (Å²) < 4.78 is 12.3. The molecule has 1 N–H and O–H groups in total. The van der Waals surface area contributed by atoms with Crippen molar-refractivity contribution in [1.29, 1.82) is 0 Å². The summed E-state index contributed by atoms with van der Waals surface area (Å²) in [7, 11) is 1.58. The van der Waals surface area contributed by atoms with Crippen molar-refractivity contribution in [2.45, 2.75) is 6.54 Å². The standard InChI is InChI=1S/C22H18N4O4/c1-29-15-8-10-16(11-9-15)30-22-18(6-4-12-23-22)25-20(27)14-26-19-7-3-2-5-17(19)24-13-21(26)28/h2-13H,14H2,1H3,(H,25,27). The van der Waals surface area contributed by atoms with Crippen molar-refractivity contribution in [1.82, 2.24) is 14.5 Å². The molecule has 0 spiro atoms. The zero-order valence-electron chi connectivity index (χ0n) is 16.1. The molecule has 0 aliphatic rings. The van der Waals surface area contributed by atoms with Crippen LogP contribution in [0.15, 0.2) is 77.9 Å². The first-order chi connectivity index (χ1) is 14.6. The summed E-state index contributed by atoms with van der Waals surface area (Å²) in [5.74, 6) is 1.09. The third-order valence-corrected chi connectivity index (χ3v) is 4.37. The second-order valence-electron chi connectivity index (χ2n) is 6.35. The molecule has 8 heteroatoms. The van der Waals surface area contributed by atoms with Crippen LogP contribution in [0, 0.1) is 0 Å². The molecule has 2 heterocycles. The van der Waals surface area contributed by atoms with Gasteiger partial charge in [-0.25, -0.2) is 9.97 Å². The molecule has 0 fully saturated rings. The van der Waals surface area contributed by atoms with Crippen molar-refractivity contribution in [2.75, 3.05) is 12.4 Å². The van der Waals surface area contributed by atoms with Gasteiger partial charge in [0.1, 0.15) is 23.7 Å². The van der Waals surface area contributed by atoms with Crippen molar-refractivity contribution in [3.63, 3.8) is 0 Å². The summed E-state index contributed by atoms with van der Waals surface area (Å²) in [4.78, 5) is 33.2. The Kier molecular flexibility index (Phi) is 5.38. The van der Waals surface area contributed by atoms with E-state index in [1.54, 1.807) is 67.9 Å². The number of carbonyl (C=O) groups excluding carboxylic acids is 1. The van der Waals surface area contributed by atoms with Gasteiger partial charge < -0.3 is 14.8 Å². The molecule has 0 saturated carbocycles. The number of anilines is 1. The molecule has 2 aromatic carbocycles. The highest BCUT2D eigenvalue weighted by Gasteiger charge is 2.13. The number of rotatable bonds is 6. The Morgan fingerprint density at radius 1 is 1.00 bits per heavy atom. The maximum atomic E-state index is 12.7. The van der Waals surface area contributed by atoms with Crippen LogP contribution in [0.1, 0.15) is 0 Å². The van der Waals surface area contributed by atoms with Gasteiger partial charge in [-0.05, 0) is 48.5 Å². The number of pyridine rings is 1. The van der Waals surface area contributed by atoms with E-state index in [0.717, 1.165) is 0 Å². The van der Waals surface area contributed by atoms with Crippen molar-refractivity contribution in [3.05, 3.63) is 83.4 Å². The van der Waals surface area contributed by atoms with E-state index in [9.17, 15) is 9.59 Å². The minimum atomic E-state index is -0.388. The van der Waals surface area contributed by atoms with Crippen LogP contribution in [0.3, 0.4) is 0 Å². The molecule has 0 aliphatic heterocycles. The lowest BCUT2D eigenvalue weighted by molar-refractivity contribution is -0.116. The second-order valence-corrected chi connectivity index (χ2v) is 6.35. The van der Waals surface area contributed by atoms with Crippen LogP contribution >= 0.6 is 0 Å². The molecular weight excluding hydrogens is 384 g/mol. The maximum absolute atomic E-state index is 12.7. The van der Waals surface area contributed by atoms with Gasteiger partial charge in [-0.1, -0.05) is 12.1 Å². The molecular formula is C22H18N4O4. The maximum Gasteiger partial charge on any atom is 0.269 e. The molecule has 0 saturated heterocycles. The highest BCUT2D eigenvalue weighted by Crippen LogP contribution is 2.28. The predicted molar refractivity (Wildman–Crippen MR) is 112 cm³/mol. The van der Waals surface area contributed by atoms with Crippen LogP contribution in [0.4, 0.5) is 5.69 Å². The molecule has 150 valence electrons. The number of ether oxygens (including phenoxy) is 2. The third-order valence-electron chi connectivity index (χ3n) is 4.37. The van der Waals surface area contributed by atoms with E-state index in [2.05, 4.69) is 15.3 Å². The first kappa shape index (κ1) is 19.1. The summed E-state index contributed by atoms with van der Waals surface area (Å²) >= 11 is 0. The van der Waals surface area contributed by atoms with Gasteiger partial charge in [0.15, 0.2) is 0 Å². The van der Waals surface area contributed by atoms with E-state index in [1.165, 1.54) is 10.8 Å². The number of nitrogens with one attached hydrogen (secondary N) is 1. The van der Waals surface area contributed by atoms with E-state index >= 15 is 0 Å². The molecule has 0 radical (unpaired) electrons. The quantitative estimate of drug-likeness (QED) is 0.532. The summed E-state index contributed by atoms with van der Waals surface area (Å²) in [5, 5.41) is 2.76. The molecule has 4 rings (SSSR count). The first-order valence-corrected chi connectivity index (χ1v) is 9.15. The summed E-state index contributed by atoms with van der Waals surface area (Å²) in [5.41, 5.74) is 1.25. The number of hydrogen-bond donors (Lipinski definition) is 1. The van der Waals surface area contributed by atoms with Gasteiger partial charge in [-0.15, -0.1) is 0 Å². The second kappa shape index (κ2) is 8.44. The van der Waals surface area contributed by atoms with Crippen molar-refractivity contribution in [2.24, 2.45) is 0 Å². The van der Waals surface area contributed by atoms with Crippen LogP contribution < -0.4 is 20.3 Å². The number of methoxy groups -OCH3 is 1. The van der Waals surface area contributed by atoms with Crippen molar-refractivity contribution < 1.29 is 14.3 Å². The van der Waals surface area contributed by atoms with Crippen LogP contribution in [-0.4, -0.2) is 27.6 Å². The van der Waals surface area contributed by atoms with E-state index in [1.807, 2.05) is 6.07 Å². The lowest BCUT2D eigenvalue weighted by Gasteiger charge is -2.13. The number of amides is 1. The zero-order valence-corrected chi connectivity index (χ0v) is 16.1. The molecule has 8 nitrogen and oxygen atoms in total. The molecule has 1 amide bonds. The van der Waals surface area contributed by atoms with Gasteiger partial charge in [-0.3, -0.25) is 14.2 Å². The molecule has 0 unspecified atom stereocenters. The lowest BCUT2D eigenvalue weighted by Crippen LogP contribution is -2.28. The zero-order chi connectivity index (χ0) is 20.9. The van der Waals surface area contributed by atoms with E-state index in [-0.39, 0.29) is 23.9 Å². The van der Waals surface area contributed by atoms with Gasteiger partial charge in [0.05, 0.1) is 24.3 Å². The summed E-state index contributed by atoms with van der Waals surface area (Å²) in [6, 6.07) is 17.5. The Bertz CT molecular complexity index is 1250. The normalized spacial score (nSPS) is 10.6. The average molecular weight is 402 g/mol. The van der Waals surface area contributed by atoms with Crippen LogP contribution in [-0.2, 0) is 11.3 Å². The number of fused-ring (bicyclic) bond motifs is 1. The third kappa shape index (κ3) is 4.12. The van der Waals surface area contributed by atoms with E-state index in [0.29, 0.717) is 28.2 Å². The predicted octanol–water partition coefficient (Wildman–Crippen LogP) is 3.23. The number of hydrogen-bond acceptors (Lipinski definition) is 6. The number of carbonyl (C=O) groups is 1. The molecule has 30 heavy (non-hydrogen) atoms. The Morgan fingerprint density at radius 3 is 2.57 bits per heavy atom. The number of nitrogens with zero attached hydrogens (tertiary/aromatic N) is 3. The largest absolute Gasteiger partial charge is 0.497 e. The fourth-order valence-corrected chi connectivity index (χ4v) is 2.93. The van der Waals surface area contributed by atoms with Crippen molar-refractivity contribution in [3.8, 4) is 17.4 Å². The van der Waals surface area contributed by atoms with E-state index < -0.39 is 0 Å². The minimum absolute atomic E-state index is 0.168. The molecule has 2 aromatic heterocycles. The highest BCUT2D eigenvalue weighted by atomic mass is 16.5. The van der Waals surface area contributed by atoms with E-state index in [4.69, 9.17) is 9.47 Å². The number of para-hydroxylation sites is 2. The molecule has 0 bridgehead atoms. The van der Waals surface area contributed by atoms with Gasteiger partial charge >= 0.3 is 0 Å². The highest BCUT2D eigenvalue weighted by molar-refractivity contribution is 5.92. The Hall–Kier alpha value is -4.20. The molecule has 0 atom stereocenters. The van der Waals surface area contributed by atoms with Crippen molar-refractivity contribution >= 4 is 22.6 Å². The van der Waals surface area contributed by atoms with Gasteiger partial charge in [-0.2, -0.15) is 0 Å². The van der Waals surface area contributed by atoms with Crippen LogP contribution in [0.5, 0.6) is 17.4 Å². The molecule has 4 aromatic rings. The monoisotopic (exact) mass is 402 g/mol. The first-order valence-electron chi connectivity index (χ1n) is 9.15. The minimum Gasteiger partial charge on any atom is -0.497 e. The Balaban J connectivity index is 1.54. The summed E-state index contributed by atoms with van der Waals surface area (Å²) in [6.07, 6.45) is 2.77. The Labute approximate surface area is 171 Å². The van der Waals surface area contributed by atoms with Gasteiger partial charge in [0.2, 0.25) is 11.8 Å². The van der Waals surface area contributed by atoms with Gasteiger partial charge in [0, 0.05) is 6.20 Å². The topological polar surface area (TPSA) is 95.3 Å². The van der Waals surface area contributed by atoms with Gasteiger partial charge in [0.25, 0.3) is 5.56 Å². The number of aromatic nitrogens is 3. The SMILES string of the molecule is COc1ccc(Oc2ncccc2NC(=O)Cn2c(=O)cnc3ccccc32)cc1. The molecule has 0 aliphatic carbocycles. The number of benzene rings is 2.